The molecule has 126 valence electrons. The summed E-state index contributed by atoms with van der Waals surface area (Å²) < 4.78 is 0. The van der Waals surface area contributed by atoms with Crippen LogP contribution in [0.15, 0.2) is 48.5 Å². The van der Waals surface area contributed by atoms with Crippen molar-refractivity contribution in [2.45, 2.75) is 19.5 Å². The molecule has 0 aliphatic heterocycles. The Morgan fingerprint density at radius 2 is 1.92 bits per heavy atom. The molecule has 2 aromatic carbocycles. The fourth-order valence-electron chi connectivity index (χ4n) is 2.48. The average Bonchev–Trinajstić information content (AvgIpc) is 2.61. The molecule has 0 heterocycles. The van der Waals surface area contributed by atoms with Crippen molar-refractivity contribution >= 4 is 11.6 Å². The van der Waals surface area contributed by atoms with Crippen molar-refractivity contribution in [3.8, 4) is 0 Å². The maximum absolute atomic E-state index is 11.6. The summed E-state index contributed by atoms with van der Waals surface area (Å²) in [4.78, 5) is 24.2. The molecule has 0 aromatic heterocycles. The Hall–Kier alpha value is -2.73. The van der Waals surface area contributed by atoms with Gasteiger partial charge in [0.2, 0.25) is 0 Å². The third-order valence-electron chi connectivity index (χ3n) is 4.10. The molecule has 1 amide bonds. The van der Waals surface area contributed by atoms with Gasteiger partial charge >= 0.3 is 0 Å². The fraction of sp³-hybridized carbons (Fsp3) is 0.278. The van der Waals surface area contributed by atoms with Crippen LogP contribution >= 0.6 is 0 Å². The van der Waals surface area contributed by atoms with Gasteiger partial charge in [-0.2, -0.15) is 0 Å². The second kappa shape index (κ2) is 7.70. The van der Waals surface area contributed by atoms with Crippen molar-refractivity contribution in [3.63, 3.8) is 0 Å². The van der Waals surface area contributed by atoms with Crippen LogP contribution in [0.5, 0.6) is 0 Å². The number of non-ortho nitro benzene ring substituents is 1. The maximum Gasteiger partial charge on any atom is 0.269 e. The number of benzene rings is 2. The summed E-state index contributed by atoms with van der Waals surface area (Å²) in [6.07, 6.45) is 0. The Morgan fingerprint density at radius 3 is 2.50 bits per heavy atom. The number of hydrogen-bond acceptors (Lipinski definition) is 4. The van der Waals surface area contributed by atoms with Crippen LogP contribution in [0.25, 0.3) is 0 Å². The lowest BCUT2D eigenvalue weighted by Gasteiger charge is -2.25. The quantitative estimate of drug-likeness (QED) is 0.653. The SMILES string of the molecule is CNC(=O)c1ccc(CN(C)[C@H](C)c2cccc([N+](=O)[O-])c2)cc1. The van der Waals surface area contributed by atoms with E-state index in [4.69, 9.17) is 0 Å². The Labute approximate surface area is 141 Å². The smallest absolute Gasteiger partial charge is 0.269 e. The molecule has 0 aliphatic carbocycles. The lowest BCUT2D eigenvalue weighted by atomic mass is 10.1. The lowest BCUT2D eigenvalue weighted by molar-refractivity contribution is -0.384. The van der Waals surface area contributed by atoms with E-state index in [2.05, 4.69) is 10.2 Å². The Kier molecular flexibility index (Phi) is 5.65. The van der Waals surface area contributed by atoms with Crippen LogP contribution in [0.3, 0.4) is 0 Å². The molecular formula is C18H21N3O3. The first-order chi connectivity index (χ1) is 11.4. The molecule has 0 saturated heterocycles. The third kappa shape index (κ3) is 4.17. The molecule has 1 N–H and O–H groups in total. The largest absolute Gasteiger partial charge is 0.355 e. The fourth-order valence-corrected chi connectivity index (χ4v) is 2.48. The first-order valence-electron chi connectivity index (χ1n) is 7.68. The topological polar surface area (TPSA) is 75.5 Å². The summed E-state index contributed by atoms with van der Waals surface area (Å²) in [5.41, 5.74) is 2.69. The number of carbonyl (C=O) groups excluding carboxylic acids is 1. The first-order valence-corrected chi connectivity index (χ1v) is 7.68. The second-order valence-electron chi connectivity index (χ2n) is 5.72. The van der Waals surface area contributed by atoms with Crippen molar-refractivity contribution in [3.05, 3.63) is 75.3 Å². The van der Waals surface area contributed by atoms with Gasteiger partial charge in [0, 0.05) is 37.3 Å². The van der Waals surface area contributed by atoms with Crippen molar-refractivity contribution in [2.24, 2.45) is 0 Å². The minimum Gasteiger partial charge on any atom is -0.355 e. The molecule has 1 atom stereocenters. The zero-order chi connectivity index (χ0) is 17.7. The normalized spacial score (nSPS) is 12.0. The van der Waals surface area contributed by atoms with E-state index >= 15 is 0 Å². The highest BCUT2D eigenvalue weighted by atomic mass is 16.6. The Bertz CT molecular complexity index is 729. The monoisotopic (exact) mass is 327 g/mol. The van der Waals surface area contributed by atoms with Gasteiger partial charge in [-0.3, -0.25) is 19.8 Å². The Balaban J connectivity index is 2.08. The van der Waals surface area contributed by atoms with Crippen LogP contribution in [-0.2, 0) is 6.54 Å². The highest BCUT2D eigenvalue weighted by Crippen LogP contribution is 2.24. The van der Waals surface area contributed by atoms with Crippen molar-refractivity contribution in [1.82, 2.24) is 10.2 Å². The molecule has 0 radical (unpaired) electrons. The highest BCUT2D eigenvalue weighted by molar-refractivity contribution is 5.93. The number of hydrogen-bond donors (Lipinski definition) is 1. The minimum atomic E-state index is -0.381. The van der Waals surface area contributed by atoms with Gasteiger partial charge in [0.15, 0.2) is 0 Å². The molecule has 0 unspecified atom stereocenters. The third-order valence-corrected chi connectivity index (χ3v) is 4.10. The van der Waals surface area contributed by atoms with Gasteiger partial charge in [0.25, 0.3) is 11.6 Å². The molecule has 0 bridgehead atoms. The average molecular weight is 327 g/mol. The number of carbonyl (C=O) groups is 1. The molecule has 2 rings (SSSR count). The zero-order valence-electron chi connectivity index (χ0n) is 14.0. The van der Waals surface area contributed by atoms with E-state index in [0.29, 0.717) is 12.1 Å². The van der Waals surface area contributed by atoms with E-state index in [-0.39, 0.29) is 22.6 Å². The van der Waals surface area contributed by atoms with E-state index in [9.17, 15) is 14.9 Å². The standard InChI is InChI=1S/C18H21N3O3/c1-13(16-5-4-6-17(11-16)21(23)24)20(3)12-14-7-9-15(10-8-14)18(22)19-2/h4-11,13H,12H2,1-3H3,(H,19,22)/t13-/m1/s1. The summed E-state index contributed by atoms with van der Waals surface area (Å²) in [5, 5.41) is 13.5. The summed E-state index contributed by atoms with van der Waals surface area (Å²) in [6.45, 7) is 2.69. The van der Waals surface area contributed by atoms with Gasteiger partial charge in [-0.15, -0.1) is 0 Å². The highest BCUT2D eigenvalue weighted by Gasteiger charge is 2.15. The molecule has 0 fully saturated rings. The lowest BCUT2D eigenvalue weighted by Crippen LogP contribution is -2.22. The summed E-state index contributed by atoms with van der Waals surface area (Å²) in [7, 11) is 3.57. The first kappa shape index (κ1) is 17.6. The number of nitrogens with zero attached hydrogens (tertiary/aromatic N) is 2. The predicted octanol–water partition coefficient (Wildman–Crippen LogP) is 3.15. The van der Waals surface area contributed by atoms with Crippen LogP contribution in [0.4, 0.5) is 5.69 Å². The molecule has 24 heavy (non-hydrogen) atoms. The second-order valence-corrected chi connectivity index (χ2v) is 5.72. The van der Waals surface area contributed by atoms with Crippen molar-refractivity contribution < 1.29 is 9.72 Å². The number of nitro groups is 1. The number of nitrogens with one attached hydrogen (secondary N) is 1. The van der Waals surface area contributed by atoms with Crippen LogP contribution in [-0.4, -0.2) is 29.8 Å². The molecule has 6 nitrogen and oxygen atoms in total. The van der Waals surface area contributed by atoms with E-state index in [1.165, 1.54) is 6.07 Å². The van der Waals surface area contributed by atoms with Crippen LogP contribution in [0.2, 0.25) is 0 Å². The molecule has 0 spiro atoms. The zero-order valence-corrected chi connectivity index (χ0v) is 14.0. The number of rotatable bonds is 6. The van der Waals surface area contributed by atoms with E-state index in [1.807, 2.05) is 32.2 Å². The van der Waals surface area contributed by atoms with Gasteiger partial charge in [-0.25, -0.2) is 0 Å². The summed E-state index contributed by atoms with van der Waals surface area (Å²) >= 11 is 0. The molecular weight excluding hydrogens is 306 g/mol. The maximum atomic E-state index is 11.6. The number of amides is 1. The van der Waals surface area contributed by atoms with Gasteiger partial charge < -0.3 is 5.32 Å². The van der Waals surface area contributed by atoms with Gasteiger partial charge in [-0.05, 0) is 37.2 Å². The number of nitro benzene ring substituents is 1. The van der Waals surface area contributed by atoms with E-state index in [0.717, 1.165) is 11.1 Å². The van der Waals surface area contributed by atoms with Crippen LogP contribution in [0, 0.1) is 10.1 Å². The molecule has 0 aliphatic rings. The Morgan fingerprint density at radius 1 is 1.25 bits per heavy atom. The van der Waals surface area contributed by atoms with Gasteiger partial charge in [0.05, 0.1) is 4.92 Å². The van der Waals surface area contributed by atoms with Gasteiger partial charge in [-0.1, -0.05) is 24.3 Å². The summed E-state index contributed by atoms with van der Waals surface area (Å²) in [6, 6.07) is 14.1. The molecule has 0 saturated carbocycles. The van der Waals surface area contributed by atoms with Crippen molar-refractivity contribution in [1.29, 1.82) is 0 Å². The van der Waals surface area contributed by atoms with Crippen LogP contribution < -0.4 is 5.32 Å². The van der Waals surface area contributed by atoms with Crippen molar-refractivity contribution in [2.75, 3.05) is 14.1 Å². The summed E-state index contributed by atoms with van der Waals surface area (Å²) in [5.74, 6) is -0.111. The van der Waals surface area contributed by atoms with E-state index < -0.39 is 0 Å². The van der Waals surface area contributed by atoms with E-state index in [1.54, 1.807) is 31.3 Å². The molecule has 2 aromatic rings. The van der Waals surface area contributed by atoms with Crippen LogP contribution in [0.1, 0.15) is 34.5 Å². The minimum absolute atomic E-state index is 0.0310. The predicted molar refractivity (Wildman–Crippen MR) is 92.8 cm³/mol. The van der Waals surface area contributed by atoms with Gasteiger partial charge in [0.1, 0.15) is 0 Å². The molecule has 6 heteroatoms.